The number of hydrogen-bond donors (Lipinski definition) is 4. The molecular formula is C14H18N6OS. The first-order chi connectivity index (χ1) is 10.8. The van der Waals surface area contributed by atoms with Gasteiger partial charge in [-0.15, -0.1) is 11.8 Å². The number of carbonyl (C=O) groups is 1. The van der Waals surface area contributed by atoms with Crippen LogP contribution in [0.3, 0.4) is 0 Å². The second kappa shape index (κ2) is 6.80. The fourth-order valence-corrected chi connectivity index (χ4v) is 3.27. The van der Waals surface area contributed by atoms with E-state index in [1.54, 1.807) is 0 Å². The van der Waals surface area contributed by atoms with Crippen molar-refractivity contribution >= 4 is 34.5 Å². The van der Waals surface area contributed by atoms with Gasteiger partial charge in [0.2, 0.25) is 5.91 Å². The van der Waals surface area contributed by atoms with Crippen molar-refractivity contribution in [2.45, 2.75) is 11.3 Å². The molecule has 22 heavy (non-hydrogen) atoms. The number of amides is 1. The predicted octanol–water partition coefficient (Wildman–Crippen LogP) is 0.703. The Balaban J connectivity index is 1.69. The minimum absolute atomic E-state index is 0.0297. The van der Waals surface area contributed by atoms with Gasteiger partial charge in [-0.1, -0.05) is 6.08 Å². The van der Waals surface area contributed by atoms with Crippen molar-refractivity contribution in [1.82, 2.24) is 25.6 Å². The summed E-state index contributed by atoms with van der Waals surface area (Å²) in [4.78, 5) is 23.8. The lowest BCUT2D eigenvalue weighted by atomic mass is 10.2. The average molecular weight is 318 g/mol. The SMILES string of the molecule is CNCCNC(=O)C1SC=CC1Nc1ncnc2[nH]ccc12. The Kier molecular flexibility index (Phi) is 4.59. The molecule has 8 heteroatoms. The summed E-state index contributed by atoms with van der Waals surface area (Å²) in [5.41, 5.74) is 0.780. The number of hydrogen-bond acceptors (Lipinski definition) is 6. The Hall–Kier alpha value is -2.06. The quantitative estimate of drug-likeness (QED) is 0.586. The highest BCUT2D eigenvalue weighted by Gasteiger charge is 2.30. The molecule has 0 fully saturated rings. The molecule has 2 aromatic heterocycles. The van der Waals surface area contributed by atoms with Crippen molar-refractivity contribution in [3.8, 4) is 0 Å². The number of aromatic nitrogens is 3. The molecular weight excluding hydrogens is 300 g/mol. The van der Waals surface area contributed by atoms with Crippen LogP contribution in [0.25, 0.3) is 11.0 Å². The van der Waals surface area contributed by atoms with Crippen molar-refractivity contribution in [3.05, 3.63) is 30.1 Å². The van der Waals surface area contributed by atoms with Crippen LogP contribution in [-0.4, -0.2) is 52.3 Å². The van der Waals surface area contributed by atoms with E-state index in [0.717, 1.165) is 23.4 Å². The molecule has 0 spiro atoms. The lowest BCUT2D eigenvalue weighted by Gasteiger charge is -2.20. The van der Waals surface area contributed by atoms with Gasteiger partial charge < -0.3 is 20.9 Å². The van der Waals surface area contributed by atoms with Crippen LogP contribution < -0.4 is 16.0 Å². The third kappa shape index (κ3) is 3.07. The van der Waals surface area contributed by atoms with E-state index < -0.39 is 0 Å². The van der Waals surface area contributed by atoms with E-state index in [2.05, 4.69) is 30.9 Å². The molecule has 1 amide bonds. The maximum absolute atomic E-state index is 12.3. The summed E-state index contributed by atoms with van der Waals surface area (Å²) in [6, 6.07) is 1.83. The van der Waals surface area contributed by atoms with Crippen LogP contribution in [-0.2, 0) is 4.79 Å². The molecule has 0 bridgehead atoms. The average Bonchev–Trinajstić information content (AvgIpc) is 3.16. The van der Waals surface area contributed by atoms with Gasteiger partial charge in [0, 0.05) is 19.3 Å². The van der Waals surface area contributed by atoms with Crippen molar-refractivity contribution in [1.29, 1.82) is 0 Å². The van der Waals surface area contributed by atoms with Crippen LogP contribution in [0.2, 0.25) is 0 Å². The Bertz CT molecular complexity index is 685. The standard InChI is InChI=1S/C14H18N6OS/c1-15-5-6-17-14(21)11-10(3-7-22-11)20-13-9-2-4-16-12(9)18-8-19-13/h2-4,7-8,10-11,15H,5-6H2,1H3,(H,17,21)(H2,16,18,19,20). The number of anilines is 1. The smallest absolute Gasteiger partial charge is 0.235 e. The normalized spacial score (nSPS) is 20.4. The molecule has 7 nitrogen and oxygen atoms in total. The topological polar surface area (TPSA) is 94.7 Å². The molecule has 3 heterocycles. The fraction of sp³-hybridized carbons (Fsp3) is 0.357. The van der Waals surface area contributed by atoms with E-state index in [1.165, 1.54) is 18.1 Å². The van der Waals surface area contributed by atoms with E-state index >= 15 is 0 Å². The van der Waals surface area contributed by atoms with E-state index in [9.17, 15) is 4.79 Å². The highest BCUT2D eigenvalue weighted by molar-refractivity contribution is 8.03. The van der Waals surface area contributed by atoms with Gasteiger partial charge in [-0.3, -0.25) is 4.79 Å². The monoisotopic (exact) mass is 318 g/mol. The Labute approximate surface area is 132 Å². The molecule has 116 valence electrons. The Morgan fingerprint density at radius 3 is 3.18 bits per heavy atom. The van der Waals surface area contributed by atoms with Crippen molar-refractivity contribution in [2.24, 2.45) is 0 Å². The molecule has 0 aliphatic carbocycles. The Morgan fingerprint density at radius 1 is 1.41 bits per heavy atom. The molecule has 1 aliphatic rings. The van der Waals surface area contributed by atoms with Gasteiger partial charge in [-0.25, -0.2) is 9.97 Å². The van der Waals surface area contributed by atoms with Gasteiger partial charge in [0.05, 0.1) is 11.4 Å². The largest absolute Gasteiger partial charge is 0.362 e. The first-order valence-corrected chi connectivity index (χ1v) is 8.03. The zero-order chi connectivity index (χ0) is 15.4. The van der Waals surface area contributed by atoms with Crippen LogP contribution in [0.15, 0.2) is 30.1 Å². The summed E-state index contributed by atoms with van der Waals surface area (Å²) in [6.45, 7) is 1.37. The van der Waals surface area contributed by atoms with Crippen molar-refractivity contribution < 1.29 is 4.79 Å². The minimum atomic E-state index is -0.194. The van der Waals surface area contributed by atoms with Crippen LogP contribution in [0.4, 0.5) is 5.82 Å². The number of aromatic amines is 1. The summed E-state index contributed by atoms with van der Waals surface area (Å²) in [5.74, 6) is 0.763. The molecule has 1 aliphatic heterocycles. The summed E-state index contributed by atoms with van der Waals surface area (Å²) in [7, 11) is 1.86. The van der Waals surface area contributed by atoms with Crippen LogP contribution in [0.5, 0.6) is 0 Å². The third-order valence-electron chi connectivity index (χ3n) is 3.43. The second-order valence-corrected chi connectivity index (χ2v) is 5.96. The molecule has 2 atom stereocenters. The summed E-state index contributed by atoms with van der Waals surface area (Å²) in [5, 5.41) is 12.0. The molecule has 2 unspecified atom stereocenters. The number of H-pyrrole nitrogens is 1. The number of thioether (sulfide) groups is 1. The molecule has 3 rings (SSSR count). The lowest BCUT2D eigenvalue weighted by Crippen LogP contribution is -2.42. The number of nitrogens with zero attached hydrogens (tertiary/aromatic N) is 2. The van der Waals surface area contributed by atoms with E-state index in [0.29, 0.717) is 6.54 Å². The lowest BCUT2D eigenvalue weighted by molar-refractivity contribution is -0.120. The molecule has 0 radical (unpaired) electrons. The molecule has 0 saturated heterocycles. The zero-order valence-electron chi connectivity index (χ0n) is 12.2. The maximum atomic E-state index is 12.3. The Morgan fingerprint density at radius 2 is 2.32 bits per heavy atom. The number of rotatable bonds is 6. The van der Waals surface area contributed by atoms with Gasteiger partial charge in [0.25, 0.3) is 0 Å². The minimum Gasteiger partial charge on any atom is -0.362 e. The number of fused-ring (bicyclic) bond motifs is 1. The predicted molar refractivity (Wildman–Crippen MR) is 88.8 cm³/mol. The van der Waals surface area contributed by atoms with Gasteiger partial charge in [0.15, 0.2) is 0 Å². The van der Waals surface area contributed by atoms with E-state index in [-0.39, 0.29) is 17.2 Å². The van der Waals surface area contributed by atoms with Crippen LogP contribution in [0, 0.1) is 0 Å². The summed E-state index contributed by atoms with van der Waals surface area (Å²) < 4.78 is 0. The highest BCUT2D eigenvalue weighted by Crippen LogP contribution is 2.28. The van der Waals surface area contributed by atoms with Gasteiger partial charge in [-0.2, -0.15) is 0 Å². The molecule has 4 N–H and O–H groups in total. The first-order valence-electron chi connectivity index (χ1n) is 7.08. The van der Waals surface area contributed by atoms with Gasteiger partial charge >= 0.3 is 0 Å². The summed E-state index contributed by atoms with van der Waals surface area (Å²) >= 11 is 1.52. The van der Waals surface area contributed by atoms with Crippen LogP contribution >= 0.6 is 11.8 Å². The number of carbonyl (C=O) groups excluding carboxylic acids is 1. The molecule has 0 aromatic carbocycles. The van der Waals surface area contributed by atoms with Crippen molar-refractivity contribution in [3.63, 3.8) is 0 Å². The van der Waals surface area contributed by atoms with Crippen LogP contribution in [0.1, 0.15) is 0 Å². The highest BCUT2D eigenvalue weighted by atomic mass is 32.2. The second-order valence-electron chi connectivity index (χ2n) is 4.91. The first kappa shape index (κ1) is 14.9. The molecule has 0 saturated carbocycles. The van der Waals surface area contributed by atoms with E-state index in [4.69, 9.17) is 0 Å². The van der Waals surface area contributed by atoms with Gasteiger partial charge in [0.1, 0.15) is 23.0 Å². The molecule has 2 aromatic rings. The number of likely N-dealkylation sites (N-methyl/N-ethyl adjacent to an activating group) is 1. The number of nitrogens with one attached hydrogen (secondary N) is 4. The third-order valence-corrected chi connectivity index (χ3v) is 4.54. The van der Waals surface area contributed by atoms with Crippen molar-refractivity contribution in [2.75, 3.05) is 25.5 Å². The maximum Gasteiger partial charge on any atom is 0.235 e. The zero-order valence-corrected chi connectivity index (χ0v) is 13.0. The van der Waals surface area contributed by atoms with E-state index in [1.807, 2.05) is 30.8 Å². The van der Waals surface area contributed by atoms with Gasteiger partial charge in [-0.05, 0) is 18.5 Å². The fourth-order valence-electron chi connectivity index (χ4n) is 2.31. The summed E-state index contributed by atoms with van der Waals surface area (Å²) in [6.07, 6.45) is 5.33.